The quantitative estimate of drug-likeness (QED) is 0.729. The maximum atomic E-state index is 6.49. The minimum atomic E-state index is 0.262. The molecule has 122 valence electrons. The van der Waals surface area contributed by atoms with E-state index in [1.807, 2.05) is 6.92 Å². The minimum Gasteiger partial charge on any atom is -0.316 e. The molecular weight excluding hydrogens is 282 g/mol. The van der Waals surface area contributed by atoms with Crippen LogP contribution in [0.1, 0.15) is 58.8 Å². The summed E-state index contributed by atoms with van der Waals surface area (Å²) in [7, 11) is 0. The Hall–Kier alpha value is -0.540. The fourth-order valence-electron chi connectivity index (χ4n) is 2.83. The van der Waals surface area contributed by atoms with Crippen molar-refractivity contribution in [1.29, 1.82) is 0 Å². The summed E-state index contributed by atoms with van der Waals surface area (Å²) in [5.41, 5.74) is 2.41. The SMILES string of the molecule is CCn1nc(C)c(Cl)c1CC(CC)(CC)CNCC(C)C. The van der Waals surface area contributed by atoms with Gasteiger partial charge in [-0.25, -0.2) is 0 Å². The molecule has 0 aliphatic heterocycles. The maximum absolute atomic E-state index is 6.49. The van der Waals surface area contributed by atoms with Gasteiger partial charge < -0.3 is 5.32 Å². The molecule has 1 heterocycles. The lowest BCUT2D eigenvalue weighted by atomic mass is 9.78. The zero-order valence-electron chi connectivity index (χ0n) is 14.6. The molecule has 0 saturated heterocycles. The largest absolute Gasteiger partial charge is 0.316 e. The molecule has 0 aromatic carbocycles. The Morgan fingerprint density at radius 1 is 1.24 bits per heavy atom. The fourth-order valence-corrected chi connectivity index (χ4v) is 3.03. The van der Waals surface area contributed by atoms with Crippen LogP contribution < -0.4 is 5.32 Å². The topological polar surface area (TPSA) is 29.9 Å². The zero-order chi connectivity index (χ0) is 16.0. The van der Waals surface area contributed by atoms with Gasteiger partial charge in [0.2, 0.25) is 0 Å². The van der Waals surface area contributed by atoms with Gasteiger partial charge in [0.1, 0.15) is 0 Å². The fraction of sp³-hybridized carbons (Fsp3) is 0.824. The van der Waals surface area contributed by atoms with Gasteiger partial charge in [0.15, 0.2) is 0 Å². The maximum Gasteiger partial charge on any atom is 0.0847 e. The molecule has 0 fully saturated rings. The smallest absolute Gasteiger partial charge is 0.0847 e. The van der Waals surface area contributed by atoms with E-state index in [1.54, 1.807) is 0 Å². The number of rotatable bonds is 9. The van der Waals surface area contributed by atoms with Crippen molar-refractivity contribution in [3.05, 3.63) is 16.4 Å². The molecule has 1 N–H and O–H groups in total. The number of aryl methyl sites for hydroxylation is 2. The molecule has 1 aromatic heterocycles. The third-order valence-electron chi connectivity index (χ3n) is 4.55. The van der Waals surface area contributed by atoms with Crippen LogP contribution >= 0.6 is 11.6 Å². The summed E-state index contributed by atoms with van der Waals surface area (Å²) in [4.78, 5) is 0. The number of nitrogens with zero attached hydrogens (tertiary/aromatic N) is 2. The van der Waals surface area contributed by atoms with Crippen molar-refractivity contribution < 1.29 is 0 Å². The second kappa shape index (κ2) is 8.19. The number of nitrogens with one attached hydrogen (secondary N) is 1. The molecule has 1 rings (SSSR count). The third-order valence-corrected chi connectivity index (χ3v) is 5.04. The van der Waals surface area contributed by atoms with Crippen LogP contribution in [0, 0.1) is 18.3 Å². The zero-order valence-corrected chi connectivity index (χ0v) is 15.3. The van der Waals surface area contributed by atoms with E-state index in [0.29, 0.717) is 5.92 Å². The number of hydrogen-bond acceptors (Lipinski definition) is 2. The monoisotopic (exact) mass is 313 g/mol. The van der Waals surface area contributed by atoms with Crippen molar-refractivity contribution >= 4 is 11.6 Å². The highest BCUT2D eigenvalue weighted by Crippen LogP contribution is 2.34. The van der Waals surface area contributed by atoms with Gasteiger partial charge in [-0.1, -0.05) is 39.3 Å². The highest BCUT2D eigenvalue weighted by Gasteiger charge is 2.29. The molecule has 4 heteroatoms. The summed E-state index contributed by atoms with van der Waals surface area (Å²) in [6.07, 6.45) is 3.30. The van der Waals surface area contributed by atoms with Crippen LogP contribution in [0.25, 0.3) is 0 Å². The molecule has 0 amide bonds. The Balaban J connectivity index is 2.91. The van der Waals surface area contributed by atoms with Crippen LogP contribution in [0.4, 0.5) is 0 Å². The number of aromatic nitrogens is 2. The van der Waals surface area contributed by atoms with Crippen molar-refractivity contribution in [2.45, 2.75) is 67.3 Å². The van der Waals surface area contributed by atoms with E-state index in [1.165, 1.54) is 5.69 Å². The summed E-state index contributed by atoms with van der Waals surface area (Å²) in [5, 5.41) is 9.05. The second-order valence-corrected chi connectivity index (χ2v) is 6.95. The molecule has 0 unspecified atom stereocenters. The lowest BCUT2D eigenvalue weighted by molar-refractivity contribution is 0.237. The Labute approximate surface area is 135 Å². The summed E-state index contributed by atoms with van der Waals surface area (Å²) < 4.78 is 2.07. The molecule has 1 aromatic rings. The summed E-state index contributed by atoms with van der Waals surface area (Å²) in [6.45, 7) is 16.2. The van der Waals surface area contributed by atoms with Crippen LogP contribution in [0.5, 0.6) is 0 Å². The molecule has 0 aliphatic rings. The summed E-state index contributed by atoms with van der Waals surface area (Å²) in [6, 6.07) is 0. The van der Waals surface area contributed by atoms with E-state index < -0.39 is 0 Å². The Morgan fingerprint density at radius 2 is 1.86 bits per heavy atom. The van der Waals surface area contributed by atoms with Crippen LogP contribution in [0.3, 0.4) is 0 Å². The second-order valence-electron chi connectivity index (χ2n) is 6.57. The average molecular weight is 314 g/mol. The first-order valence-corrected chi connectivity index (χ1v) is 8.69. The Kier molecular flexibility index (Phi) is 7.22. The highest BCUT2D eigenvalue weighted by atomic mass is 35.5. The lowest BCUT2D eigenvalue weighted by Gasteiger charge is -2.33. The predicted molar refractivity (Wildman–Crippen MR) is 92.1 cm³/mol. The summed E-state index contributed by atoms with van der Waals surface area (Å²) >= 11 is 6.49. The number of halogens is 1. The average Bonchev–Trinajstić information content (AvgIpc) is 2.73. The Bertz CT molecular complexity index is 433. The van der Waals surface area contributed by atoms with Crippen molar-refractivity contribution in [1.82, 2.24) is 15.1 Å². The van der Waals surface area contributed by atoms with Crippen molar-refractivity contribution in [2.75, 3.05) is 13.1 Å². The molecule has 0 spiro atoms. The van der Waals surface area contributed by atoms with Gasteiger partial charge in [0.25, 0.3) is 0 Å². The predicted octanol–water partition coefficient (Wildman–Crippen LogP) is 4.46. The molecule has 0 atom stereocenters. The third kappa shape index (κ3) is 4.72. The molecule has 0 radical (unpaired) electrons. The van der Waals surface area contributed by atoms with Gasteiger partial charge in [-0.2, -0.15) is 5.10 Å². The van der Waals surface area contributed by atoms with E-state index in [2.05, 4.69) is 49.7 Å². The van der Waals surface area contributed by atoms with E-state index in [-0.39, 0.29) is 5.41 Å². The first-order valence-electron chi connectivity index (χ1n) is 8.31. The van der Waals surface area contributed by atoms with Crippen LogP contribution in [0.2, 0.25) is 5.02 Å². The van der Waals surface area contributed by atoms with Gasteiger partial charge in [0.05, 0.1) is 16.4 Å². The van der Waals surface area contributed by atoms with E-state index in [0.717, 1.165) is 49.6 Å². The van der Waals surface area contributed by atoms with Crippen LogP contribution in [0.15, 0.2) is 0 Å². The van der Waals surface area contributed by atoms with Gasteiger partial charge >= 0.3 is 0 Å². The molecule has 0 bridgehead atoms. The van der Waals surface area contributed by atoms with Crippen LogP contribution in [-0.4, -0.2) is 22.9 Å². The van der Waals surface area contributed by atoms with Crippen molar-refractivity contribution in [3.63, 3.8) is 0 Å². The molecule has 0 saturated carbocycles. The number of hydrogen-bond donors (Lipinski definition) is 1. The molecule has 3 nitrogen and oxygen atoms in total. The van der Waals surface area contributed by atoms with Gasteiger partial charge in [-0.05, 0) is 51.0 Å². The Morgan fingerprint density at radius 3 is 2.33 bits per heavy atom. The van der Waals surface area contributed by atoms with E-state index >= 15 is 0 Å². The van der Waals surface area contributed by atoms with Gasteiger partial charge in [-0.3, -0.25) is 4.68 Å². The lowest BCUT2D eigenvalue weighted by Crippen LogP contribution is -2.37. The first-order chi connectivity index (χ1) is 9.89. The van der Waals surface area contributed by atoms with Gasteiger partial charge in [-0.15, -0.1) is 0 Å². The van der Waals surface area contributed by atoms with Crippen molar-refractivity contribution in [3.8, 4) is 0 Å². The molecular formula is C17H32ClN3. The van der Waals surface area contributed by atoms with Crippen LogP contribution in [-0.2, 0) is 13.0 Å². The first kappa shape index (κ1) is 18.5. The van der Waals surface area contributed by atoms with Crippen molar-refractivity contribution in [2.24, 2.45) is 11.3 Å². The van der Waals surface area contributed by atoms with Gasteiger partial charge in [0, 0.05) is 13.1 Å². The van der Waals surface area contributed by atoms with E-state index in [9.17, 15) is 0 Å². The van der Waals surface area contributed by atoms with E-state index in [4.69, 9.17) is 11.6 Å². The molecule has 0 aliphatic carbocycles. The highest BCUT2D eigenvalue weighted by molar-refractivity contribution is 6.31. The minimum absolute atomic E-state index is 0.262. The summed E-state index contributed by atoms with van der Waals surface area (Å²) in [5.74, 6) is 0.684. The standard InChI is InChI=1S/C17H32ClN3/c1-7-17(8-2,12-19-11-13(4)5)10-15-16(18)14(6)20-21(15)9-3/h13,19H,7-12H2,1-6H3. The normalized spacial score (nSPS) is 12.4. The molecule has 21 heavy (non-hydrogen) atoms.